The van der Waals surface area contributed by atoms with Crippen LogP contribution in [-0.4, -0.2) is 22.2 Å². The van der Waals surface area contributed by atoms with Crippen molar-refractivity contribution in [3.8, 4) is 5.75 Å². The number of ether oxygens (including phenoxy) is 1. The maximum atomic E-state index is 11.9. The molecule has 19 heavy (non-hydrogen) atoms. The van der Waals surface area contributed by atoms with Crippen LogP contribution in [0.25, 0.3) is 0 Å². The molecule has 0 fully saturated rings. The van der Waals surface area contributed by atoms with Crippen molar-refractivity contribution in [1.82, 2.24) is 9.78 Å². The van der Waals surface area contributed by atoms with Gasteiger partial charge in [-0.25, -0.2) is 0 Å². The molecule has 0 amide bonds. The number of aryl methyl sites for hydroxylation is 1. The van der Waals surface area contributed by atoms with Gasteiger partial charge in [0, 0.05) is 19.2 Å². The summed E-state index contributed by atoms with van der Waals surface area (Å²) in [6.07, 6.45) is 4.80. The van der Waals surface area contributed by atoms with Gasteiger partial charge in [0.2, 0.25) is 0 Å². The van der Waals surface area contributed by atoms with Gasteiger partial charge in [0.25, 0.3) is 0 Å². The summed E-state index contributed by atoms with van der Waals surface area (Å²) >= 11 is 0. The largest absolute Gasteiger partial charge is 0.493 e. The van der Waals surface area contributed by atoms with E-state index < -0.39 is 0 Å². The van der Waals surface area contributed by atoms with Gasteiger partial charge in [-0.15, -0.1) is 0 Å². The van der Waals surface area contributed by atoms with E-state index in [1.54, 1.807) is 17.1 Å². The van der Waals surface area contributed by atoms with Crippen molar-refractivity contribution in [2.75, 3.05) is 6.61 Å². The summed E-state index contributed by atoms with van der Waals surface area (Å²) in [5.41, 5.74) is 0.658. The summed E-state index contributed by atoms with van der Waals surface area (Å²) < 4.78 is 7.30. The third-order valence-corrected chi connectivity index (χ3v) is 2.75. The SMILES string of the molecule is CCCn1cc(C(=O)CCOc2ccccc2)cn1. The maximum Gasteiger partial charge on any atom is 0.169 e. The van der Waals surface area contributed by atoms with Crippen molar-refractivity contribution in [3.05, 3.63) is 48.3 Å². The van der Waals surface area contributed by atoms with Crippen LogP contribution in [0, 0.1) is 0 Å². The van der Waals surface area contributed by atoms with Crippen LogP contribution >= 0.6 is 0 Å². The predicted octanol–water partition coefficient (Wildman–Crippen LogP) is 2.94. The second-order valence-electron chi connectivity index (χ2n) is 4.33. The second kappa shape index (κ2) is 6.73. The molecule has 4 nitrogen and oxygen atoms in total. The molecule has 0 aliphatic rings. The molecule has 0 bridgehead atoms. The van der Waals surface area contributed by atoms with E-state index in [0.29, 0.717) is 18.6 Å². The number of rotatable bonds is 7. The molecule has 4 heteroatoms. The van der Waals surface area contributed by atoms with Gasteiger partial charge in [0.05, 0.1) is 18.4 Å². The van der Waals surface area contributed by atoms with Crippen molar-refractivity contribution < 1.29 is 9.53 Å². The lowest BCUT2D eigenvalue weighted by atomic mass is 10.2. The number of hydrogen-bond acceptors (Lipinski definition) is 3. The Morgan fingerprint density at radius 2 is 2.11 bits per heavy atom. The smallest absolute Gasteiger partial charge is 0.169 e. The van der Waals surface area contributed by atoms with E-state index in [9.17, 15) is 4.79 Å². The van der Waals surface area contributed by atoms with Gasteiger partial charge in [-0.1, -0.05) is 25.1 Å². The summed E-state index contributed by atoms with van der Waals surface area (Å²) in [6, 6.07) is 9.51. The van der Waals surface area contributed by atoms with Crippen LogP contribution in [-0.2, 0) is 6.54 Å². The van der Waals surface area contributed by atoms with E-state index in [2.05, 4.69) is 12.0 Å². The summed E-state index contributed by atoms with van der Waals surface area (Å²) in [4.78, 5) is 11.9. The minimum absolute atomic E-state index is 0.0679. The number of carbonyl (C=O) groups excluding carboxylic acids is 1. The highest BCUT2D eigenvalue weighted by Gasteiger charge is 2.08. The zero-order valence-electron chi connectivity index (χ0n) is 11.1. The van der Waals surface area contributed by atoms with Crippen LogP contribution in [0.1, 0.15) is 30.1 Å². The highest BCUT2D eigenvalue weighted by atomic mass is 16.5. The number of nitrogens with zero attached hydrogens (tertiary/aromatic N) is 2. The minimum Gasteiger partial charge on any atom is -0.493 e. The molecule has 0 unspecified atom stereocenters. The molecular formula is C15H18N2O2. The Bertz CT molecular complexity index is 520. The highest BCUT2D eigenvalue weighted by Crippen LogP contribution is 2.09. The van der Waals surface area contributed by atoms with Crippen LogP contribution in [0.15, 0.2) is 42.7 Å². The van der Waals surface area contributed by atoms with Crippen molar-refractivity contribution in [2.45, 2.75) is 26.3 Å². The minimum atomic E-state index is 0.0679. The molecular weight excluding hydrogens is 240 g/mol. The fourth-order valence-corrected chi connectivity index (χ4v) is 1.78. The van der Waals surface area contributed by atoms with Crippen molar-refractivity contribution in [1.29, 1.82) is 0 Å². The van der Waals surface area contributed by atoms with Gasteiger partial charge < -0.3 is 4.74 Å². The standard InChI is InChI=1S/C15H18N2O2/c1-2-9-17-12-13(11-16-17)15(18)8-10-19-14-6-4-3-5-7-14/h3-7,11-12H,2,8-10H2,1H3. The first kappa shape index (κ1) is 13.3. The summed E-state index contributed by atoms with van der Waals surface area (Å²) in [5, 5.41) is 4.15. The normalized spacial score (nSPS) is 10.4. The molecule has 0 N–H and O–H groups in total. The van der Waals surface area contributed by atoms with Gasteiger partial charge in [0.15, 0.2) is 5.78 Å². The Morgan fingerprint density at radius 3 is 2.84 bits per heavy atom. The van der Waals surface area contributed by atoms with Crippen LogP contribution in [0.2, 0.25) is 0 Å². The van der Waals surface area contributed by atoms with Crippen molar-refractivity contribution in [2.24, 2.45) is 0 Å². The van der Waals surface area contributed by atoms with Gasteiger partial charge in [-0.2, -0.15) is 5.10 Å². The fraction of sp³-hybridized carbons (Fsp3) is 0.333. The average molecular weight is 258 g/mol. The van der Waals surface area contributed by atoms with Crippen LogP contribution in [0.3, 0.4) is 0 Å². The number of carbonyl (C=O) groups is 1. The topological polar surface area (TPSA) is 44.1 Å². The first-order valence-corrected chi connectivity index (χ1v) is 6.53. The first-order valence-electron chi connectivity index (χ1n) is 6.53. The van der Waals surface area contributed by atoms with Crippen molar-refractivity contribution >= 4 is 5.78 Å². The Balaban J connectivity index is 1.80. The molecule has 0 aliphatic carbocycles. The van der Waals surface area contributed by atoms with E-state index in [1.807, 2.05) is 30.3 Å². The van der Waals surface area contributed by atoms with E-state index in [0.717, 1.165) is 18.7 Å². The Labute approximate surface area is 113 Å². The van der Waals surface area contributed by atoms with E-state index in [4.69, 9.17) is 4.74 Å². The second-order valence-corrected chi connectivity index (χ2v) is 4.33. The molecule has 1 aromatic heterocycles. The summed E-state index contributed by atoms with van der Waals surface area (Å²) in [5.74, 6) is 0.857. The monoisotopic (exact) mass is 258 g/mol. The molecule has 0 spiro atoms. The average Bonchev–Trinajstić information content (AvgIpc) is 2.89. The Hall–Kier alpha value is -2.10. The molecule has 0 atom stereocenters. The number of Topliss-reactive ketones (excluding diaryl/α,β-unsaturated/α-hetero) is 1. The van der Waals surface area contributed by atoms with Gasteiger partial charge in [0.1, 0.15) is 5.75 Å². The number of ketones is 1. The first-order chi connectivity index (χ1) is 9.29. The summed E-state index contributed by atoms with van der Waals surface area (Å²) in [6.45, 7) is 3.31. The molecule has 0 saturated heterocycles. The van der Waals surface area contributed by atoms with Gasteiger partial charge in [-0.05, 0) is 18.6 Å². The van der Waals surface area contributed by atoms with E-state index >= 15 is 0 Å². The van der Waals surface area contributed by atoms with Crippen LogP contribution < -0.4 is 4.74 Å². The molecule has 2 aromatic rings. The lowest BCUT2D eigenvalue weighted by Gasteiger charge is -2.04. The lowest BCUT2D eigenvalue weighted by Crippen LogP contribution is -2.06. The fourth-order valence-electron chi connectivity index (χ4n) is 1.78. The molecule has 100 valence electrons. The molecule has 0 radical (unpaired) electrons. The third kappa shape index (κ3) is 3.95. The van der Waals surface area contributed by atoms with Crippen LogP contribution in [0.5, 0.6) is 5.75 Å². The van der Waals surface area contributed by atoms with Gasteiger partial charge in [-0.3, -0.25) is 9.48 Å². The molecule has 0 aliphatic heterocycles. The Kier molecular flexibility index (Phi) is 4.72. The molecule has 0 saturated carbocycles. The molecule has 1 aromatic carbocycles. The predicted molar refractivity (Wildman–Crippen MR) is 73.4 cm³/mol. The zero-order chi connectivity index (χ0) is 13.5. The number of para-hydroxylation sites is 1. The molecule has 2 rings (SSSR count). The quantitative estimate of drug-likeness (QED) is 0.717. The number of benzene rings is 1. The van der Waals surface area contributed by atoms with E-state index in [-0.39, 0.29) is 5.78 Å². The third-order valence-electron chi connectivity index (χ3n) is 2.75. The summed E-state index contributed by atoms with van der Waals surface area (Å²) in [7, 11) is 0. The van der Waals surface area contributed by atoms with Crippen molar-refractivity contribution in [3.63, 3.8) is 0 Å². The van der Waals surface area contributed by atoms with Crippen LogP contribution in [0.4, 0.5) is 0 Å². The lowest BCUT2D eigenvalue weighted by molar-refractivity contribution is 0.0962. The number of aromatic nitrogens is 2. The maximum absolute atomic E-state index is 11.9. The highest BCUT2D eigenvalue weighted by molar-refractivity contribution is 5.95. The zero-order valence-corrected chi connectivity index (χ0v) is 11.1. The van der Waals surface area contributed by atoms with Gasteiger partial charge >= 0.3 is 0 Å². The van der Waals surface area contributed by atoms with E-state index in [1.165, 1.54) is 0 Å². The number of hydrogen-bond donors (Lipinski definition) is 0. The Morgan fingerprint density at radius 1 is 1.32 bits per heavy atom. The molecule has 1 heterocycles.